The highest BCUT2D eigenvalue weighted by atomic mass is 16.6. The van der Waals surface area contributed by atoms with Crippen LogP contribution in [0.5, 0.6) is 0 Å². The summed E-state index contributed by atoms with van der Waals surface area (Å²) in [6.07, 6.45) is 6.73. The molecule has 0 aromatic heterocycles. The fraction of sp³-hybridized carbons (Fsp3) is 0.600. The van der Waals surface area contributed by atoms with Crippen molar-refractivity contribution in [2.45, 2.75) is 51.9 Å². The average Bonchev–Trinajstić information content (AvgIpc) is 3.29. The summed E-state index contributed by atoms with van der Waals surface area (Å²) in [4.78, 5) is 73.2. The fourth-order valence-electron chi connectivity index (χ4n) is 5.94. The number of hydrogen-bond acceptors (Lipinski definition) is 8. The zero-order chi connectivity index (χ0) is 24.9. The van der Waals surface area contributed by atoms with E-state index in [4.69, 9.17) is 9.47 Å². The molecule has 0 radical (unpaired) electrons. The molecule has 2 saturated carbocycles. The number of allylic oxidation sites excluding steroid dienone is 3. The number of carbonyl (C=O) groups excluding carboxylic acids is 6. The first-order valence-corrected chi connectivity index (χ1v) is 12.3. The van der Waals surface area contributed by atoms with Crippen LogP contribution in [0.1, 0.15) is 51.9 Å². The van der Waals surface area contributed by atoms with Crippen molar-refractivity contribution in [3.63, 3.8) is 0 Å². The van der Waals surface area contributed by atoms with Crippen molar-refractivity contribution in [3.05, 3.63) is 23.5 Å². The molecule has 186 valence electrons. The maximum Gasteiger partial charge on any atom is 0.317 e. The zero-order valence-corrected chi connectivity index (χ0v) is 19.4. The van der Waals surface area contributed by atoms with E-state index in [-0.39, 0.29) is 30.6 Å². The summed E-state index contributed by atoms with van der Waals surface area (Å²) in [5.74, 6) is -5.24. The van der Waals surface area contributed by atoms with Gasteiger partial charge in [-0.15, -0.1) is 0 Å². The van der Waals surface area contributed by atoms with Gasteiger partial charge in [0.15, 0.2) is 0 Å². The largest absolute Gasteiger partial charge is 0.393 e. The first kappa shape index (κ1) is 23.4. The molecule has 35 heavy (non-hydrogen) atoms. The second-order valence-corrected chi connectivity index (χ2v) is 10.3. The summed E-state index contributed by atoms with van der Waals surface area (Å²) < 4.78 is 9.45. The molecule has 5 aliphatic rings. The van der Waals surface area contributed by atoms with Crippen LogP contribution in [0.25, 0.3) is 0 Å². The molecule has 0 bridgehead atoms. The molecule has 7 atom stereocenters. The van der Waals surface area contributed by atoms with Crippen LogP contribution >= 0.6 is 0 Å². The molecule has 2 N–H and O–H groups in total. The third-order valence-electron chi connectivity index (χ3n) is 8.12. The lowest BCUT2D eigenvalue weighted by Gasteiger charge is -2.29. The monoisotopic (exact) mass is 484 g/mol. The number of fused-ring (bicyclic) bond motifs is 2. The van der Waals surface area contributed by atoms with Crippen LogP contribution in [0.3, 0.4) is 0 Å². The van der Waals surface area contributed by atoms with Gasteiger partial charge < -0.3 is 20.1 Å². The van der Waals surface area contributed by atoms with Gasteiger partial charge in [-0.05, 0) is 56.9 Å². The van der Waals surface area contributed by atoms with Crippen LogP contribution in [0, 0.1) is 41.4 Å². The maximum atomic E-state index is 13.0. The van der Waals surface area contributed by atoms with Crippen LogP contribution < -0.4 is 10.6 Å². The molecule has 3 aliphatic carbocycles. The molecular weight excluding hydrogens is 456 g/mol. The first-order chi connectivity index (χ1) is 16.7. The minimum absolute atomic E-state index is 0.0312. The summed E-state index contributed by atoms with van der Waals surface area (Å²) in [5, 5.41) is 5.86. The van der Waals surface area contributed by atoms with Crippen LogP contribution in [0.15, 0.2) is 23.5 Å². The Bertz CT molecular complexity index is 1080. The van der Waals surface area contributed by atoms with Crippen LogP contribution in [0.2, 0.25) is 0 Å². The number of nitrogens with one attached hydrogen (secondary N) is 2. The molecule has 5 rings (SSSR count). The topological polar surface area (TPSA) is 145 Å². The van der Waals surface area contributed by atoms with Crippen molar-refractivity contribution < 1.29 is 38.2 Å². The van der Waals surface area contributed by atoms with Crippen molar-refractivity contribution in [3.8, 4) is 0 Å². The standard InChI is InChI=1S/C25H28N2O8/c1-11-2-5-14(26-20(28)12-3-6-15-17(8-12)24(32)34-22(15)30)10-19(11)27-21(29)13-4-7-16-18(9-13)25(33)35-23(16)31/h5,10-13,15-18H,2-4,6-9H2,1H3,(H,26,28)(H,27,29). The van der Waals surface area contributed by atoms with Gasteiger partial charge in [0.2, 0.25) is 11.8 Å². The molecule has 0 aromatic carbocycles. The highest BCUT2D eigenvalue weighted by Crippen LogP contribution is 2.41. The van der Waals surface area contributed by atoms with Crippen molar-refractivity contribution >= 4 is 35.7 Å². The minimum Gasteiger partial charge on any atom is -0.393 e. The number of amides is 2. The van der Waals surface area contributed by atoms with E-state index in [1.807, 2.05) is 13.0 Å². The van der Waals surface area contributed by atoms with E-state index in [1.165, 1.54) is 0 Å². The Hall–Kier alpha value is -3.30. The minimum atomic E-state index is -0.555. The molecule has 4 fully saturated rings. The van der Waals surface area contributed by atoms with Crippen molar-refractivity contribution in [1.82, 2.24) is 10.6 Å². The average molecular weight is 485 g/mol. The maximum absolute atomic E-state index is 13.0. The van der Waals surface area contributed by atoms with Gasteiger partial charge >= 0.3 is 23.9 Å². The van der Waals surface area contributed by atoms with Gasteiger partial charge in [-0.1, -0.05) is 13.0 Å². The van der Waals surface area contributed by atoms with E-state index >= 15 is 0 Å². The van der Waals surface area contributed by atoms with Crippen molar-refractivity contribution in [2.24, 2.45) is 41.4 Å². The first-order valence-electron chi connectivity index (χ1n) is 12.3. The Labute approximate surface area is 201 Å². The Morgan fingerprint density at radius 2 is 1.23 bits per heavy atom. The third-order valence-corrected chi connectivity index (χ3v) is 8.12. The van der Waals surface area contributed by atoms with E-state index in [1.54, 1.807) is 6.08 Å². The van der Waals surface area contributed by atoms with Gasteiger partial charge in [0.1, 0.15) is 0 Å². The van der Waals surface area contributed by atoms with E-state index in [0.29, 0.717) is 43.5 Å². The number of cyclic esters (lactones) is 4. The van der Waals surface area contributed by atoms with E-state index in [2.05, 4.69) is 10.6 Å². The number of rotatable bonds is 4. The van der Waals surface area contributed by atoms with E-state index < -0.39 is 59.4 Å². The molecule has 2 heterocycles. The van der Waals surface area contributed by atoms with Gasteiger partial charge in [-0.3, -0.25) is 28.8 Å². The Kier molecular flexibility index (Phi) is 6.06. The van der Waals surface area contributed by atoms with Gasteiger partial charge in [0.25, 0.3) is 0 Å². The summed E-state index contributed by atoms with van der Waals surface area (Å²) >= 11 is 0. The normalized spacial score (nSPS) is 36.3. The number of esters is 4. The lowest BCUT2D eigenvalue weighted by atomic mass is 9.75. The smallest absolute Gasteiger partial charge is 0.317 e. The number of hydrogen-bond donors (Lipinski definition) is 2. The molecule has 2 saturated heterocycles. The van der Waals surface area contributed by atoms with Gasteiger partial charge in [-0.2, -0.15) is 0 Å². The molecule has 0 aromatic rings. The highest BCUT2D eigenvalue weighted by molar-refractivity contribution is 5.98. The van der Waals surface area contributed by atoms with Crippen LogP contribution in [-0.2, 0) is 38.2 Å². The predicted octanol–water partition coefficient (Wildman–Crippen LogP) is 1.26. The molecule has 2 amide bonds. The molecular formula is C25H28N2O8. The second-order valence-electron chi connectivity index (χ2n) is 10.3. The lowest BCUT2D eigenvalue weighted by Crippen LogP contribution is -2.39. The molecule has 2 aliphatic heterocycles. The highest BCUT2D eigenvalue weighted by Gasteiger charge is 2.50. The van der Waals surface area contributed by atoms with Crippen molar-refractivity contribution in [2.75, 3.05) is 0 Å². The number of ether oxygens (including phenoxy) is 2. The lowest BCUT2D eigenvalue weighted by molar-refractivity contribution is -0.155. The summed E-state index contributed by atoms with van der Waals surface area (Å²) in [7, 11) is 0. The summed E-state index contributed by atoms with van der Waals surface area (Å²) in [5.41, 5.74) is 1.25. The van der Waals surface area contributed by atoms with Gasteiger partial charge in [0, 0.05) is 23.2 Å². The van der Waals surface area contributed by atoms with E-state index in [9.17, 15) is 28.8 Å². The summed E-state index contributed by atoms with van der Waals surface area (Å²) in [6.45, 7) is 1.97. The van der Waals surface area contributed by atoms with E-state index in [0.717, 1.165) is 0 Å². The Morgan fingerprint density at radius 3 is 1.77 bits per heavy atom. The molecule has 0 spiro atoms. The van der Waals surface area contributed by atoms with Crippen LogP contribution in [0.4, 0.5) is 0 Å². The Morgan fingerprint density at radius 1 is 0.743 bits per heavy atom. The second kappa shape index (κ2) is 9.05. The molecule has 10 heteroatoms. The third kappa shape index (κ3) is 4.41. The fourth-order valence-corrected chi connectivity index (χ4v) is 5.94. The zero-order valence-electron chi connectivity index (χ0n) is 19.4. The van der Waals surface area contributed by atoms with Gasteiger partial charge in [-0.25, -0.2) is 0 Å². The molecule has 7 unspecified atom stereocenters. The SMILES string of the molecule is CC1CC=C(NC(=O)C2CCC3C(=O)OC(=O)C3C2)C=C1NC(=O)C1CCC2C(=O)OC(=O)C2C1. The van der Waals surface area contributed by atoms with Crippen molar-refractivity contribution in [1.29, 1.82) is 0 Å². The van der Waals surface area contributed by atoms with Gasteiger partial charge in [0.05, 0.1) is 23.7 Å². The summed E-state index contributed by atoms with van der Waals surface area (Å²) in [6, 6.07) is 0. The quantitative estimate of drug-likeness (QED) is 0.448. The number of carbonyl (C=O) groups is 6. The predicted molar refractivity (Wildman–Crippen MR) is 117 cm³/mol. The molecule has 10 nitrogen and oxygen atoms in total. The Balaban J connectivity index is 1.19. The van der Waals surface area contributed by atoms with Crippen LogP contribution in [-0.4, -0.2) is 35.7 Å².